The summed E-state index contributed by atoms with van der Waals surface area (Å²) in [7, 11) is 0. The molecule has 1 heterocycles. The monoisotopic (exact) mass is 371 g/mol. The van der Waals surface area contributed by atoms with Crippen molar-refractivity contribution in [1.29, 1.82) is 0 Å². The van der Waals surface area contributed by atoms with E-state index >= 15 is 0 Å². The fourth-order valence-electron chi connectivity index (χ4n) is 1.79. The zero-order valence-corrected chi connectivity index (χ0v) is 13.5. The van der Waals surface area contributed by atoms with E-state index in [0.29, 0.717) is 6.04 Å². The molecule has 0 radical (unpaired) electrons. The molecule has 2 aromatic rings. The van der Waals surface area contributed by atoms with E-state index in [2.05, 4.69) is 78.8 Å². The lowest BCUT2D eigenvalue weighted by Crippen LogP contribution is -2.30. The highest BCUT2D eigenvalue weighted by molar-refractivity contribution is 9.13. The maximum absolute atomic E-state index is 4.29. The van der Waals surface area contributed by atoms with E-state index in [-0.39, 0.29) is 0 Å². The molecule has 0 bridgehead atoms. The Morgan fingerprint density at radius 3 is 2.61 bits per heavy atom. The van der Waals surface area contributed by atoms with E-state index in [4.69, 9.17) is 0 Å². The second-order valence-corrected chi connectivity index (χ2v) is 6.09. The van der Waals surface area contributed by atoms with Crippen molar-refractivity contribution in [2.24, 2.45) is 0 Å². The second kappa shape index (κ2) is 5.89. The predicted octanol–water partition coefficient (Wildman–Crippen LogP) is 4.35. The maximum Gasteiger partial charge on any atom is 0.0923 e. The minimum absolute atomic E-state index is 0.412. The number of benzene rings is 1. The van der Waals surface area contributed by atoms with Gasteiger partial charge < -0.3 is 9.88 Å². The molecule has 3 nitrogen and oxygen atoms in total. The van der Waals surface area contributed by atoms with Crippen molar-refractivity contribution < 1.29 is 0 Å². The summed E-state index contributed by atoms with van der Waals surface area (Å²) in [5.41, 5.74) is 2.23. The van der Waals surface area contributed by atoms with Crippen molar-refractivity contribution in [2.45, 2.75) is 26.4 Å². The van der Waals surface area contributed by atoms with Gasteiger partial charge in [-0.05, 0) is 63.9 Å². The van der Waals surface area contributed by atoms with Crippen molar-refractivity contribution in [3.8, 4) is 0 Å². The number of anilines is 1. The van der Waals surface area contributed by atoms with Gasteiger partial charge in [-0.1, -0.05) is 0 Å². The third kappa shape index (κ3) is 3.14. The van der Waals surface area contributed by atoms with Crippen molar-refractivity contribution in [2.75, 3.05) is 4.90 Å². The molecular formula is C13H15Br2N3. The predicted molar refractivity (Wildman–Crippen MR) is 81.7 cm³/mol. The second-order valence-electron chi connectivity index (χ2n) is 4.38. The Kier molecular flexibility index (Phi) is 4.45. The molecule has 0 aliphatic carbocycles. The van der Waals surface area contributed by atoms with E-state index in [1.165, 1.54) is 5.69 Å². The number of H-pyrrole nitrogens is 1. The molecule has 96 valence electrons. The third-order valence-electron chi connectivity index (χ3n) is 2.75. The number of hydrogen-bond donors (Lipinski definition) is 1. The molecule has 0 atom stereocenters. The molecule has 0 aliphatic heterocycles. The van der Waals surface area contributed by atoms with Gasteiger partial charge in [0.1, 0.15) is 0 Å². The van der Waals surface area contributed by atoms with Crippen molar-refractivity contribution in [3.63, 3.8) is 0 Å². The summed E-state index contributed by atoms with van der Waals surface area (Å²) in [6, 6.07) is 6.70. The van der Waals surface area contributed by atoms with Crippen LogP contribution in [0.2, 0.25) is 0 Å². The first kappa shape index (κ1) is 13.6. The molecule has 18 heavy (non-hydrogen) atoms. The summed E-state index contributed by atoms with van der Waals surface area (Å²) in [5, 5.41) is 0. The summed E-state index contributed by atoms with van der Waals surface area (Å²) in [4.78, 5) is 9.59. The summed E-state index contributed by atoms with van der Waals surface area (Å²) in [6.45, 7) is 5.17. The van der Waals surface area contributed by atoms with Crippen LogP contribution in [0.5, 0.6) is 0 Å². The fraction of sp³-hybridized carbons (Fsp3) is 0.308. The summed E-state index contributed by atoms with van der Waals surface area (Å²) >= 11 is 7.04. The zero-order valence-electron chi connectivity index (χ0n) is 10.3. The van der Waals surface area contributed by atoms with E-state index in [1.54, 1.807) is 6.33 Å². The SMILES string of the molecule is CC(C)N(Cc1c[nH]cn1)c1ccc(Br)c(Br)c1. The number of nitrogens with one attached hydrogen (secondary N) is 1. The molecule has 1 N–H and O–H groups in total. The molecule has 5 heteroatoms. The molecule has 0 saturated carbocycles. The molecule has 0 saturated heterocycles. The molecule has 0 fully saturated rings. The Morgan fingerprint density at radius 1 is 1.28 bits per heavy atom. The number of aromatic amines is 1. The quantitative estimate of drug-likeness (QED) is 0.865. The lowest BCUT2D eigenvalue weighted by Gasteiger charge is -2.28. The number of aromatic nitrogens is 2. The molecule has 0 spiro atoms. The first-order valence-corrected chi connectivity index (χ1v) is 7.36. The van der Waals surface area contributed by atoms with Crippen molar-refractivity contribution in [1.82, 2.24) is 9.97 Å². The topological polar surface area (TPSA) is 31.9 Å². The summed E-state index contributed by atoms with van der Waals surface area (Å²) < 4.78 is 2.13. The lowest BCUT2D eigenvalue weighted by molar-refractivity contribution is 0.675. The standard InChI is InChI=1S/C13H15Br2N3/c1-9(2)18(7-10-6-16-8-17-10)11-3-4-12(14)13(15)5-11/h3-6,8-9H,7H2,1-2H3,(H,16,17). The Labute approximate surface area is 124 Å². The molecule has 0 aliphatic rings. The number of hydrogen-bond acceptors (Lipinski definition) is 2. The smallest absolute Gasteiger partial charge is 0.0923 e. The van der Waals surface area contributed by atoms with E-state index in [0.717, 1.165) is 21.2 Å². The Bertz CT molecular complexity index is 509. The molecule has 0 amide bonds. The van der Waals surface area contributed by atoms with Crippen LogP contribution in [-0.2, 0) is 6.54 Å². The van der Waals surface area contributed by atoms with E-state index in [1.807, 2.05) is 6.20 Å². The molecule has 0 unspecified atom stereocenters. The largest absolute Gasteiger partial charge is 0.363 e. The van der Waals surface area contributed by atoms with Crippen LogP contribution in [0.4, 0.5) is 5.69 Å². The molecule has 1 aromatic carbocycles. The molecule has 1 aromatic heterocycles. The normalized spacial score (nSPS) is 10.9. The fourth-order valence-corrected chi connectivity index (χ4v) is 2.40. The van der Waals surface area contributed by atoms with Crippen LogP contribution in [0.1, 0.15) is 19.5 Å². The first-order valence-electron chi connectivity index (χ1n) is 5.77. The summed E-state index contributed by atoms with van der Waals surface area (Å²) in [5.74, 6) is 0. The summed E-state index contributed by atoms with van der Waals surface area (Å²) in [6.07, 6.45) is 3.65. The Morgan fingerprint density at radius 2 is 2.06 bits per heavy atom. The van der Waals surface area contributed by atoms with Crippen LogP contribution >= 0.6 is 31.9 Å². The highest BCUT2D eigenvalue weighted by atomic mass is 79.9. The average Bonchev–Trinajstić information content (AvgIpc) is 2.82. The minimum Gasteiger partial charge on any atom is -0.363 e. The minimum atomic E-state index is 0.412. The first-order chi connectivity index (χ1) is 8.58. The van der Waals surface area contributed by atoms with Gasteiger partial charge >= 0.3 is 0 Å². The van der Waals surface area contributed by atoms with Crippen LogP contribution in [0.25, 0.3) is 0 Å². The highest BCUT2D eigenvalue weighted by Gasteiger charge is 2.13. The van der Waals surface area contributed by atoms with Crippen LogP contribution < -0.4 is 4.90 Å². The Balaban J connectivity index is 2.26. The number of halogens is 2. The van der Waals surface area contributed by atoms with Crippen LogP contribution in [0.3, 0.4) is 0 Å². The van der Waals surface area contributed by atoms with E-state index < -0.39 is 0 Å². The van der Waals surface area contributed by atoms with Gasteiger partial charge in [0.25, 0.3) is 0 Å². The van der Waals surface area contributed by atoms with Gasteiger partial charge in [0, 0.05) is 26.9 Å². The van der Waals surface area contributed by atoms with Gasteiger partial charge in [0.05, 0.1) is 18.6 Å². The lowest BCUT2D eigenvalue weighted by atomic mass is 10.2. The Hall–Kier alpha value is -0.810. The highest BCUT2D eigenvalue weighted by Crippen LogP contribution is 2.29. The molecule has 2 rings (SSSR count). The molecular weight excluding hydrogens is 358 g/mol. The van der Waals surface area contributed by atoms with Crippen LogP contribution in [-0.4, -0.2) is 16.0 Å². The van der Waals surface area contributed by atoms with E-state index in [9.17, 15) is 0 Å². The zero-order chi connectivity index (χ0) is 13.1. The van der Waals surface area contributed by atoms with Gasteiger partial charge in [-0.25, -0.2) is 4.98 Å². The maximum atomic E-state index is 4.29. The van der Waals surface area contributed by atoms with Crippen LogP contribution in [0.15, 0.2) is 39.7 Å². The van der Waals surface area contributed by atoms with Gasteiger partial charge in [0.15, 0.2) is 0 Å². The number of nitrogens with zero attached hydrogens (tertiary/aromatic N) is 2. The van der Waals surface area contributed by atoms with Gasteiger partial charge in [-0.15, -0.1) is 0 Å². The van der Waals surface area contributed by atoms with Crippen LogP contribution in [0, 0.1) is 0 Å². The third-order valence-corrected chi connectivity index (χ3v) is 4.63. The average molecular weight is 373 g/mol. The van der Waals surface area contributed by atoms with Crippen molar-refractivity contribution >= 4 is 37.5 Å². The number of imidazole rings is 1. The number of rotatable bonds is 4. The van der Waals surface area contributed by atoms with Gasteiger partial charge in [-0.3, -0.25) is 0 Å². The van der Waals surface area contributed by atoms with Crippen molar-refractivity contribution in [3.05, 3.63) is 45.4 Å². The van der Waals surface area contributed by atoms with Gasteiger partial charge in [-0.2, -0.15) is 0 Å². The van der Waals surface area contributed by atoms with Gasteiger partial charge in [0.2, 0.25) is 0 Å².